The Morgan fingerprint density at radius 3 is 2.56 bits per heavy atom. The number of nitrogens with one attached hydrogen (secondary N) is 1. The van der Waals surface area contributed by atoms with Crippen molar-refractivity contribution >= 4 is 11.8 Å². The summed E-state index contributed by atoms with van der Waals surface area (Å²) in [5.41, 5.74) is 0.627. The molecule has 0 spiro atoms. The Labute approximate surface area is 146 Å². The first-order valence-electron chi connectivity index (χ1n) is 8.40. The minimum absolute atomic E-state index is 0.00345. The van der Waals surface area contributed by atoms with Gasteiger partial charge in [0.25, 0.3) is 5.91 Å². The molecule has 0 aromatic carbocycles. The van der Waals surface area contributed by atoms with Crippen molar-refractivity contribution < 1.29 is 18.4 Å². The first-order chi connectivity index (χ1) is 12.0. The molecule has 3 heterocycles. The van der Waals surface area contributed by atoms with Gasteiger partial charge in [0.2, 0.25) is 5.91 Å². The highest BCUT2D eigenvalue weighted by molar-refractivity contribution is 5.95. The lowest BCUT2D eigenvalue weighted by molar-refractivity contribution is -0.122. The van der Waals surface area contributed by atoms with E-state index in [0.29, 0.717) is 50.6 Å². The minimum Gasteiger partial charge on any atom is -0.467 e. The summed E-state index contributed by atoms with van der Waals surface area (Å²) in [6.07, 6.45) is 1.58. The molecule has 1 aliphatic heterocycles. The molecule has 0 atom stereocenters. The number of hydrogen-bond acceptors (Lipinski definition) is 5. The number of rotatable bonds is 5. The largest absolute Gasteiger partial charge is 0.467 e. The zero-order valence-electron chi connectivity index (χ0n) is 14.6. The van der Waals surface area contributed by atoms with Crippen LogP contribution in [0.4, 0.5) is 0 Å². The van der Waals surface area contributed by atoms with E-state index in [4.69, 9.17) is 8.83 Å². The standard InChI is InChI=1S/C18H23N3O4/c1-13-10-16(14(2)25-13)18(23)21-7-5-20(6-8-21)12-17(22)19-11-15-4-3-9-24-15/h3-4,9-10H,5-8,11-12H2,1-2H3,(H,19,22). The fourth-order valence-corrected chi connectivity index (χ4v) is 2.98. The Balaban J connectivity index is 1.44. The third kappa shape index (κ3) is 4.30. The van der Waals surface area contributed by atoms with Gasteiger partial charge in [-0.1, -0.05) is 0 Å². The highest BCUT2D eigenvalue weighted by Crippen LogP contribution is 2.17. The van der Waals surface area contributed by atoms with E-state index in [1.165, 1.54) is 0 Å². The van der Waals surface area contributed by atoms with E-state index in [2.05, 4.69) is 10.2 Å². The number of carbonyl (C=O) groups excluding carboxylic acids is 2. The molecule has 1 saturated heterocycles. The summed E-state index contributed by atoms with van der Waals surface area (Å²) in [7, 11) is 0. The number of carbonyl (C=O) groups is 2. The van der Waals surface area contributed by atoms with Crippen LogP contribution in [-0.2, 0) is 11.3 Å². The lowest BCUT2D eigenvalue weighted by Crippen LogP contribution is -2.51. The Kier molecular flexibility index (Phi) is 5.23. The lowest BCUT2D eigenvalue weighted by Gasteiger charge is -2.34. The van der Waals surface area contributed by atoms with E-state index in [-0.39, 0.29) is 11.8 Å². The van der Waals surface area contributed by atoms with Crippen molar-refractivity contribution in [1.82, 2.24) is 15.1 Å². The fourth-order valence-electron chi connectivity index (χ4n) is 2.98. The average Bonchev–Trinajstić information content (AvgIpc) is 3.22. The third-order valence-corrected chi connectivity index (χ3v) is 4.34. The summed E-state index contributed by atoms with van der Waals surface area (Å²) in [6, 6.07) is 5.40. The summed E-state index contributed by atoms with van der Waals surface area (Å²) < 4.78 is 10.6. The van der Waals surface area contributed by atoms with Gasteiger partial charge in [-0.2, -0.15) is 0 Å². The van der Waals surface area contributed by atoms with Crippen LogP contribution in [0.5, 0.6) is 0 Å². The normalized spacial score (nSPS) is 15.4. The summed E-state index contributed by atoms with van der Waals surface area (Å²) >= 11 is 0. The van der Waals surface area contributed by atoms with Crippen LogP contribution in [0.25, 0.3) is 0 Å². The highest BCUT2D eigenvalue weighted by atomic mass is 16.3. The predicted octanol–water partition coefficient (Wildman–Crippen LogP) is 1.56. The average molecular weight is 345 g/mol. The van der Waals surface area contributed by atoms with Crippen molar-refractivity contribution in [2.75, 3.05) is 32.7 Å². The molecule has 25 heavy (non-hydrogen) atoms. The lowest BCUT2D eigenvalue weighted by atomic mass is 10.2. The van der Waals surface area contributed by atoms with Gasteiger partial charge in [-0.3, -0.25) is 14.5 Å². The summed E-state index contributed by atoms with van der Waals surface area (Å²) in [5.74, 6) is 2.08. The molecule has 2 aromatic rings. The molecule has 0 radical (unpaired) electrons. The van der Waals surface area contributed by atoms with Crippen LogP contribution in [0, 0.1) is 13.8 Å². The molecule has 0 aliphatic carbocycles. The van der Waals surface area contributed by atoms with E-state index in [9.17, 15) is 9.59 Å². The van der Waals surface area contributed by atoms with Crippen molar-refractivity contribution in [1.29, 1.82) is 0 Å². The molecule has 2 amide bonds. The highest BCUT2D eigenvalue weighted by Gasteiger charge is 2.25. The fraction of sp³-hybridized carbons (Fsp3) is 0.444. The molecule has 7 nitrogen and oxygen atoms in total. The van der Waals surface area contributed by atoms with E-state index in [1.54, 1.807) is 25.3 Å². The number of piperazine rings is 1. The zero-order chi connectivity index (χ0) is 17.8. The molecule has 134 valence electrons. The monoisotopic (exact) mass is 345 g/mol. The van der Waals surface area contributed by atoms with Crippen LogP contribution in [0.2, 0.25) is 0 Å². The van der Waals surface area contributed by atoms with Crippen molar-refractivity contribution in [2.45, 2.75) is 20.4 Å². The third-order valence-electron chi connectivity index (χ3n) is 4.34. The van der Waals surface area contributed by atoms with E-state index in [1.807, 2.05) is 17.9 Å². The maximum Gasteiger partial charge on any atom is 0.257 e. The van der Waals surface area contributed by atoms with Gasteiger partial charge < -0.3 is 19.1 Å². The predicted molar refractivity (Wildman–Crippen MR) is 91.1 cm³/mol. The quantitative estimate of drug-likeness (QED) is 0.890. The number of nitrogens with zero attached hydrogens (tertiary/aromatic N) is 2. The van der Waals surface area contributed by atoms with Crippen LogP contribution in [-0.4, -0.2) is 54.3 Å². The minimum atomic E-state index is -0.0440. The van der Waals surface area contributed by atoms with E-state index in [0.717, 1.165) is 11.5 Å². The molecular weight excluding hydrogens is 322 g/mol. The Morgan fingerprint density at radius 2 is 1.96 bits per heavy atom. The van der Waals surface area contributed by atoms with Gasteiger partial charge in [0.05, 0.1) is 24.9 Å². The van der Waals surface area contributed by atoms with Crippen LogP contribution in [0.1, 0.15) is 27.6 Å². The topological polar surface area (TPSA) is 78.9 Å². The number of aryl methyl sites for hydroxylation is 2. The molecule has 1 N–H and O–H groups in total. The van der Waals surface area contributed by atoms with Crippen molar-refractivity contribution in [3.05, 3.63) is 47.3 Å². The molecule has 3 rings (SSSR count). The summed E-state index contributed by atoms with van der Waals surface area (Å²) in [5, 5.41) is 2.84. The van der Waals surface area contributed by atoms with Crippen molar-refractivity contribution in [2.24, 2.45) is 0 Å². The van der Waals surface area contributed by atoms with E-state index >= 15 is 0 Å². The molecule has 7 heteroatoms. The van der Waals surface area contributed by atoms with E-state index < -0.39 is 0 Å². The zero-order valence-corrected chi connectivity index (χ0v) is 14.6. The Hall–Kier alpha value is -2.54. The van der Waals surface area contributed by atoms with Crippen molar-refractivity contribution in [3.63, 3.8) is 0 Å². The maximum atomic E-state index is 12.6. The second-order valence-corrected chi connectivity index (χ2v) is 6.25. The van der Waals surface area contributed by atoms with Gasteiger partial charge in [-0.15, -0.1) is 0 Å². The smallest absolute Gasteiger partial charge is 0.257 e. The summed E-state index contributed by atoms with van der Waals surface area (Å²) in [4.78, 5) is 28.4. The van der Waals surface area contributed by atoms with Crippen LogP contribution in [0.15, 0.2) is 33.3 Å². The number of furan rings is 2. The first-order valence-corrected chi connectivity index (χ1v) is 8.40. The molecule has 1 fully saturated rings. The second kappa shape index (κ2) is 7.57. The van der Waals surface area contributed by atoms with Crippen molar-refractivity contribution in [3.8, 4) is 0 Å². The number of hydrogen-bond donors (Lipinski definition) is 1. The van der Waals surface area contributed by atoms with Crippen LogP contribution >= 0.6 is 0 Å². The second-order valence-electron chi connectivity index (χ2n) is 6.25. The molecule has 0 bridgehead atoms. The van der Waals surface area contributed by atoms with Gasteiger partial charge in [-0.25, -0.2) is 0 Å². The van der Waals surface area contributed by atoms with Gasteiger partial charge >= 0.3 is 0 Å². The van der Waals surface area contributed by atoms with Gasteiger partial charge in [-0.05, 0) is 32.0 Å². The first kappa shape index (κ1) is 17.3. The van der Waals surface area contributed by atoms with Crippen LogP contribution < -0.4 is 5.32 Å². The summed E-state index contributed by atoms with van der Waals surface area (Å²) in [6.45, 7) is 6.92. The molecule has 0 unspecified atom stereocenters. The van der Waals surface area contributed by atoms with Gasteiger partial charge in [0.15, 0.2) is 0 Å². The molecule has 1 aliphatic rings. The van der Waals surface area contributed by atoms with Gasteiger partial charge in [0, 0.05) is 26.2 Å². The SMILES string of the molecule is Cc1cc(C(=O)N2CCN(CC(=O)NCc3ccco3)CC2)c(C)o1. The van der Waals surface area contributed by atoms with Gasteiger partial charge in [0.1, 0.15) is 17.3 Å². The molecular formula is C18H23N3O4. The van der Waals surface area contributed by atoms with Crippen LogP contribution in [0.3, 0.4) is 0 Å². The Bertz CT molecular complexity index is 728. The Morgan fingerprint density at radius 1 is 1.20 bits per heavy atom. The maximum absolute atomic E-state index is 12.6. The molecule has 0 saturated carbocycles. The number of amides is 2. The molecule has 2 aromatic heterocycles.